The molecular formula is C10H17NO2. The number of rotatable bonds is 4. The van der Waals surface area contributed by atoms with E-state index in [0.29, 0.717) is 12.5 Å². The Morgan fingerprint density at radius 3 is 3.15 bits per heavy atom. The third-order valence-electron chi connectivity index (χ3n) is 2.17. The highest BCUT2D eigenvalue weighted by atomic mass is 16.5. The predicted octanol–water partition coefficient (Wildman–Crippen LogP) is 1.11. The minimum absolute atomic E-state index is 0.228. The summed E-state index contributed by atoms with van der Waals surface area (Å²) in [6, 6.07) is 0. The quantitative estimate of drug-likeness (QED) is 0.524. The topological polar surface area (TPSA) is 38.3 Å². The first-order valence-electron chi connectivity index (χ1n) is 4.87. The SMILES string of the molecule is CCOC(=O)/C=C/CC1CCNC1. The summed E-state index contributed by atoms with van der Waals surface area (Å²) in [4.78, 5) is 10.9. The Bertz CT molecular complexity index is 183. The number of allylic oxidation sites excluding steroid dienone is 1. The molecule has 1 heterocycles. The third-order valence-corrected chi connectivity index (χ3v) is 2.17. The van der Waals surface area contributed by atoms with Gasteiger partial charge in [-0.25, -0.2) is 4.79 Å². The van der Waals surface area contributed by atoms with Crippen molar-refractivity contribution >= 4 is 5.97 Å². The molecular weight excluding hydrogens is 166 g/mol. The van der Waals surface area contributed by atoms with E-state index < -0.39 is 0 Å². The molecule has 74 valence electrons. The van der Waals surface area contributed by atoms with E-state index in [1.807, 2.05) is 13.0 Å². The van der Waals surface area contributed by atoms with Crippen molar-refractivity contribution in [1.29, 1.82) is 0 Å². The maximum atomic E-state index is 10.9. The molecule has 0 spiro atoms. The van der Waals surface area contributed by atoms with Crippen molar-refractivity contribution in [2.45, 2.75) is 19.8 Å². The molecule has 1 N–H and O–H groups in total. The van der Waals surface area contributed by atoms with E-state index in [1.165, 1.54) is 12.5 Å². The van der Waals surface area contributed by atoms with Crippen molar-refractivity contribution in [3.8, 4) is 0 Å². The van der Waals surface area contributed by atoms with Crippen molar-refractivity contribution in [3.05, 3.63) is 12.2 Å². The third kappa shape index (κ3) is 4.08. The van der Waals surface area contributed by atoms with Gasteiger partial charge >= 0.3 is 5.97 Å². The molecule has 0 aromatic heterocycles. The van der Waals surface area contributed by atoms with Crippen molar-refractivity contribution in [1.82, 2.24) is 5.32 Å². The van der Waals surface area contributed by atoms with Crippen LogP contribution in [0.5, 0.6) is 0 Å². The van der Waals surface area contributed by atoms with E-state index in [9.17, 15) is 4.79 Å². The summed E-state index contributed by atoms with van der Waals surface area (Å²) >= 11 is 0. The first-order chi connectivity index (χ1) is 6.33. The van der Waals surface area contributed by atoms with Gasteiger partial charge in [0.1, 0.15) is 0 Å². The van der Waals surface area contributed by atoms with E-state index in [-0.39, 0.29) is 5.97 Å². The van der Waals surface area contributed by atoms with Crippen molar-refractivity contribution in [3.63, 3.8) is 0 Å². The molecule has 3 heteroatoms. The van der Waals surface area contributed by atoms with Gasteiger partial charge in [-0.05, 0) is 38.8 Å². The minimum atomic E-state index is -0.228. The summed E-state index contributed by atoms with van der Waals surface area (Å²) in [5, 5.41) is 3.29. The van der Waals surface area contributed by atoms with Crippen LogP contribution in [0.3, 0.4) is 0 Å². The van der Waals surface area contributed by atoms with Gasteiger partial charge in [0, 0.05) is 6.08 Å². The Labute approximate surface area is 79.2 Å². The fraction of sp³-hybridized carbons (Fsp3) is 0.700. The van der Waals surface area contributed by atoms with Gasteiger partial charge in [0.05, 0.1) is 6.61 Å². The Morgan fingerprint density at radius 1 is 1.69 bits per heavy atom. The lowest BCUT2D eigenvalue weighted by atomic mass is 10.1. The van der Waals surface area contributed by atoms with Crippen LogP contribution in [0.2, 0.25) is 0 Å². The fourth-order valence-corrected chi connectivity index (χ4v) is 1.46. The van der Waals surface area contributed by atoms with Gasteiger partial charge in [-0.3, -0.25) is 0 Å². The number of nitrogens with one attached hydrogen (secondary N) is 1. The lowest BCUT2D eigenvalue weighted by Crippen LogP contribution is -2.08. The molecule has 0 saturated carbocycles. The summed E-state index contributed by atoms with van der Waals surface area (Å²) < 4.78 is 4.77. The van der Waals surface area contributed by atoms with E-state index in [4.69, 9.17) is 4.74 Å². The predicted molar refractivity (Wildman–Crippen MR) is 51.4 cm³/mol. The standard InChI is InChI=1S/C10H17NO2/c1-2-13-10(12)5-3-4-9-6-7-11-8-9/h3,5,9,11H,2,4,6-8H2,1H3/b5-3+. The van der Waals surface area contributed by atoms with Gasteiger partial charge in [0.25, 0.3) is 0 Å². The van der Waals surface area contributed by atoms with Gasteiger partial charge in [-0.1, -0.05) is 6.08 Å². The molecule has 0 radical (unpaired) electrons. The Hall–Kier alpha value is -0.830. The van der Waals surface area contributed by atoms with E-state index in [1.54, 1.807) is 0 Å². The molecule has 1 rings (SSSR count). The van der Waals surface area contributed by atoms with E-state index >= 15 is 0 Å². The highest BCUT2D eigenvalue weighted by molar-refractivity contribution is 5.81. The van der Waals surface area contributed by atoms with Crippen LogP contribution in [0.15, 0.2) is 12.2 Å². The van der Waals surface area contributed by atoms with Gasteiger partial charge in [-0.15, -0.1) is 0 Å². The number of carbonyl (C=O) groups excluding carboxylic acids is 1. The molecule has 1 atom stereocenters. The molecule has 1 saturated heterocycles. The van der Waals surface area contributed by atoms with Crippen LogP contribution < -0.4 is 5.32 Å². The highest BCUT2D eigenvalue weighted by Crippen LogP contribution is 2.12. The number of ether oxygens (including phenoxy) is 1. The van der Waals surface area contributed by atoms with Gasteiger partial charge in [0.2, 0.25) is 0 Å². The second kappa shape index (κ2) is 5.75. The molecule has 1 aliphatic heterocycles. The summed E-state index contributed by atoms with van der Waals surface area (Å²) in [6.07, 6.45) is 5.64. The second-order valence-corrected chi connectivity index (χ2v) is 3.25. The smallest absolute Gasteiger partial charge is 0.330 e. The Kier molecular flexibility index (Phi) is 4.54. The molecule has 0 aromatic carbocycles. The number of hydrogen-bond donors (Lipinski definition) is 1. The Balaban J connectivity index is 2.12. The van der Waals surface area contributed by atoms with Crippen LogP contribution in [0.4, 0.5) is 0 Å². The minimum Gasteiger partial charge on any atom is -0.463 e. The van der Waals surface area contributed by atoms with Gasteiger partial charge < -0.3 is 10.1 Å². The highest BCUT2D eigenvalue weighted by Gasteiger charge is 2.12. The first kappa shape index (κ1) is 10.3. The molecule has 3 nitrogen and oxygen atoms in total. The molecule has 0 aliphatic carbocycles. The fourth-order valence-electron chi connectivity index (χ4n) is 1.46. The van der Waals surface area contributed by atoms with E-state index in [2.05, 4.69) is 5.32 Å². The average Bonchev–Trinajstić information content (AvgIpc) is 2.57. The summed E-state index contributed by atoms with van der Waals surface area (Å²) in [7, 11) is 0. The lowest BCUT2D eigenvalue weighted by molar-refractivity contribution is -0.137. The monoisotopic (exact) mass is 183 g/mol. The maximum absolute atomic E-state index is 10.9. The molecule has 1 fully saturated rings. The van der Waals surface area contributed by atoms with Crippen LogP contribution in [0.25, 0.3) is 0 Å². The zero-order valence-corrected chi connectivity index (χ0v) is 8.08. The van der Waals surface area contributed by atoms with Crippen LogP contribution >= 0.6 is 0 Å². The van der Waals surface area contributed by atoms with Gasteiger partial charge in [-0.2, -0.15) is 0 Å². The summed E-state index contributed by atoms with van der Waals surface area (Å²) in [6.45, 7) is 4.45. The van der Waals surface area contributed by atoms with Gasteiger partial charge in [0.15, 0.2) is 0 Å². The summed E-state index contributed by atoms with van der Waals surface area (Å²) in [5.41, 5.74) is 0. The van der Waals surface area contributed by atoms with Crippen LogP contribution in [-0.2, 0) is 9.53 Å². The number of esters is 1. The average molecular weight is 183 g/mol. The van der Waals surface area contributed by atoms with Crippen molar-refractivity contribution < 1.29 is 9.53 Å². The zero-order chi connectivity index (χ0) is 9.52. The van der Waals surface area contributed by atoms with Crippen molar-refractivity contribution in [2.24, 2.45) is 5.92 Å². The van der Waals surface area contributed by atoms with E-state index in [0.717, 1.165) is 19.5 Å². The van der Waals surface area contributed by atoms with Crippen LogP contribution in [-0.4, -0.2) is 25.7 Å². The first-order valence-corrected chi connectivity index (χ1v) is 4.87. The van der Waals surface area contributed by atoms with Crippen LogP contribution in [0.1, 0.15) is 19.8 Å². The number of hydrogen-bond acceptors (Lipinski definition) is 3. The molecule has 1 aliphatic rings. The molecule has 1 unspecified atom stereocenters. The molecule has 0 bridgehead atoms. The Morgan fingerprint density at radius 2 is 2.54 bits per heavy atom. The van der Waals surface area contributed by atoms with Crippen LogP contribution in [0, 0.1) is 5.92 Å². The maximum Gasteiger partial charge on any atom is 0.330 e. The molecule has 13 heavy (non-hydrogen) atoms. The number of carbonyl (C=O) groups is 1. The largest absolute Gasteiger partial charge is 0.463 e. The molecule has 0 amide bonds. The molecule has 0 aromatic rings. The lowest BCUT2D eigenvalue weighted by Gasteiger charge is -2.01. The normalized spacial score (nSPS) is 22.4. The summed E-state index contributed by atoms with van der Waals surface area (Å²) in [5.74, 6) is 0.471. The zero-order valence-electron chi connectivity index (χ0n) is 8.08. The second-order valence-electron chi connectivity index (χ2n) is 3.25. The van der Waals surface area contributed by atoms with Crippen molar-refractivity contribution in [2.75, 3.05) is 19.7 Å².